The zero-order chi connectivity index (χ0) is 26.9. The highest BCUT2D eigenvalue weighted by atomic mass is 32.3. The van der Waals surface area contributed by atoms with Gasteiger partial charge in [0, 0.05) is 44.2 Å². The molecule has 1 aliphatic heterocycles. The average Bonchev–Trinajstić information content (AvgIpc) is 3.22. The first-order valence-electron chi connectivity index (χ1n) is 12.5. The third-order valence-electron chi connectivity index (χ3n) is 7.25. The van der Waals surface area contributed by atoms with Crippen LogP contribution >= 0.6 is 0 Å². The molecule has 0 saturated carbocycles. The minimum Gasteiger partial charge on any atom is -0.448 e. The summed E-state index contributed by atoms with van der Waals surface area (Å²) in [6.45, 7) is 7.15. The molecule has 1 heterocycles. The van der Waals surface area contributed by atoms with Gasteiger partial charge in [-0.05, 0) is 53.3 Å². The summed E-state index contributed by atoms with van der Waals surface area (Å²) >= 11 is 0. The Hall–Kier alpha value is -3.47. The van der Waals surface area contributed by atoms with Crippen molar-refractivity contribution in [2.24, 2.45) is 0 Å². The SMILES string of the molecule is Cc1c(CN2CCNCC2)cc(NC(=O)OCC2c3ccccc3-c3ccccc32)c(C)c1OS(=O)(=O)F. The third-order valence-corrected chi connectivity index (χ3v) is 7.62. The fourth-order valence-electron chi connectivity index (χ4n) is 5.31. The van der Waals surface area contributed by atoms with Gasteiger partial charge < -0.3 is 14.2 Å². The van der Waals surface area contributed by atoms with E-state index in [9.17, 15) is 17.1 Å². The standard InChI is InChI=1S/C28H30FN3O5S/c1-18-20(16-32-13-11-30-12-14-32)15-26(19(2)27(18)37-38(29,34)35)31-28(33)36-17-25-23-9-5-3-7-21(23)22-8-4-6-10-24(22)25/h3-10,15,25,30H,11-14,16-17H2,1-2H3,(H,31,33). The van der Waals surface area contributed by atoms with Crippen LogP contribution in [0.25, 0.3) is 11.1 Å². The molecule has 1 aliphatic carbocycles. The molecule has 200 valence electrons. The molecule has 0 radical (unpaired) electrons. The lowest BCUT2D eigenvalue weighted by atomic mass is 9.98. The molecule has 0 spiro atoms. The van der Waals surface area contributed by atoms with Crippen LogP contribution in [-0.2, 0) is 21.8 Å². The highest BCUT2D eigenvalue weighted by molar-refractivity contribution is 7.81. The normalized spacial score (nSPS) is 15.6. The molecular formula is C28H30FN3O5S. The van der Waals surface area contributed by atoms with Crippen molar-refractivity contribution in [2.75, 3.05) is 38.1 Å². The molecule has 0 atom stereocenters. The Balaban J connectivity index is 1.37. The van der Waals surface area contributed by atoms with E-state index in [2.05, 4.69) is 27.7 Å². The van der Waals surface area contributed by atoms with Crippen molar-refractivity contribution < 1.29 is 26.0 Å². The number of ether oxygens (including phenoxy) is 1. The molecule has 10 heteroatoms. The summed E-state index contributed by atoms with van der Waals surface area (Å²) < 4.78 is 46.7. The molecule has 0 aromatic heterocycles. The lowest BCUT2D eigenvalue weighted by molar-refractivity contribution is 0.158. The number of carbonyl (C=O) groups is 1. The largest absolute Gasteiger partial charge is 0.488 e. The van der Waals surface area contributed by atoms with Gasteiger partial charge >= 0.3 is 16.6 Å². The summed E-state index contributed by atoms with van der Waals surface area (Å²) in [7, 11) is -5.26. The highest BCUT2D eigenvalue weighted by Crippen LogP contribution is 2.44. The van der Waals surface area contributed by atoms with E-state index in [1.165, 1.54) is 0 Å². The number of amides is 1. The van der Waals surface area contributed by atoms with Gasteiger partial charge in [-0.2, -0.15) is 8.42 Å². The predicted molar refractivity (Wildman–Crippen MR) is 143 cm³/mol. The van der Waals surface area contributed by atoms with Gasteiger partial charge in [-0.3, -0.25) is 10.2 Å². The zero-order valence-corrected chi connectivity index (χ0v) is 22.1. The quantitative estimate of drug-likeness (QED) is 0.422. The van der Waals surface area contributed by atoms with E-state index in [4.69, 9.17) is 8.92 Å². The van der Waals surface area contributed by atoms with Gasteiger partial charge in [0.1, 0.15) is 6.61 Å². The van der Waals surface area contributed by atoms with E-state index in [-0.39, 0.29) is 18.3 Å². The van der Waals surface area contributed by atoms with Crippen LogP contribution in [0.5, 0.6) is 5.75 Å². The van der Waals surface area contributed by atoms with Gasteiger partial charge in [0.25, 0.3) is 0 Å². The summed E-state index contributed by atoms with van der Waals surface area (Å²) in [6, 6.07) is 17.9. The number of nitrogens with zero attached hydrogens (tertiary/aromatic N) is 1. The van der Waals surface area contributed by atoms with Crippen LogP contribution < -0.4 is 14.8 Å². The van der Waals surface area contributed by atoms with Crippen LogP contribution in [0.4, 0.5) is 14.4 Å². The summed E-state index contributed by atoms with van der Waals surface area (Å²) in [5, 5.41) is 6.01. The summed E-state index contributed by atoms with van der Waals surface area (Å²) in [5.74, 6) is -0.236. The summed E-state index contributed by atoms with van der Waals surface area (Å²) in [4.78, 5) is 15.1. The fraction of sp³-hybridized carbons (Fsp3) is 0.321. The van der Waals surface area contributed by atoms with Crippen molar-refractivity contribution >= 4 is 22.3 Å². The molecule has 0 bridgehead atoms. The van der Waals surface area contributed by atoms with Gasteiger partial charge in [-0.15, -0.1) is 0 Å². The molecule has 1 amide bonds. The highest BCUT2D eigenvalue weighted by Gasteiger charge is 2.29. The first kappa shape index (κ1) is 26.1. The second-order valence-corrected chi connectivity index (χ2v) is 10.6. The van der Waals surface area contributed by atoms with Crippen molar-refractivity contribution in [2.45, 2.75) is 26.3 Å². The van der Waals surface area contributed by atoms with Crippen molar-refractivity contribution in [1.29, 1.82) is 0 Å². The van der Waals surface area contributed by atoms with E-state index in [0.717, 1.165) is 54.0 Å². The minimum atomic E-state index is -5.26. The van der Waals surface area contributed by atoms with Gasteiger partial charge in [0.15, 0.2) is 5.75 Å². The monoisotopic (exact) mass is 539 g/mol. The van der Waals surface area contributed by atoms with Crippen molar-refractivity contribution in [1.82, 2.24) is 10.2 Å². The number of halogens is 1. The minimum absolute atomic E-state index is 0.105. The van der Waals surface area contributed by atoms with Crippen LogP contribution in [-0.4, -0.2) is 52.2 Å². The number of anilines is 1. The van der Waals surface area contributed by atoms with Gasteiger partial charge in [0.2, 0.25) is 0 Å². The lowest BCUT2D eigenvalue weighted by Gasteiger charge is -2.28. The van der Waals surface area contributed by atoms with Crippen LogP contribution in [0.3, 0.4) is 0 Å². The number of benzene rings is 3. The van der Waals surface area contributed by atoms with Gasteiger partial charge in [0.05, 0.1) is 5.69 Å². The molecular weight excluding hydrogens is 509 g/mol. The topological polar surface area (TPSA) is 97.0 Å². The van der Waals surface area contributed by atoms with Crippen LogP contribution in [0, 0.1) is 13.8 Å². The Morgan fingerprint density at radius 1 is 1.03 bits per heavy atom. The van der Waals surface area contributed by atoms with E-state index in [1.54, 1.807) is 19.9 Å². The molecule has 5 rings (SSSR count). The summed E-state index contributed by atoms with van der Waals surface area (Å²) in [6.07, 6.45) is -0.694. The average molecular weight is 540 g/mol. The smallest absolute Gasteiger partial charge is 0.448 e. The van der Waals surface area contributed by atoms with E-state index < -0.39 is 16.6 Å². The Labute approximate surface area is 222 Å². The fourth-order valence-corrected chi connectivity index (χ4v) is 5.76. The molecule has 0 unspecified atom stereocenters. The van der Waals surface area contributed by atoms with Crippen molar-refractivity contribution in [3.05, 3.63) is 82.4 Å². The van der Waals surface area contributed by atoms with Crippen molar-refractivity contribution in [3.8, 4) is 16.9 Å². The Bertz CT molecular complexity index is 1430. The number of rotatable bonds is 7. The molecule has 3 aromatic carbocycles. The first-order chi connectivity index (χ1) is 18.2. The molecule has 2 aliphatic rings. The van der Waals surface area contributed by atoms with Crippen molar-refractivity contribution in [3.63, 3.8) is 0 Å². The third kappa shape index (κ3) is 5.52. The maximum Gasteiger partial charge on any atom is 0.488 e. The number of hydrogen-bond donors (Lipinski definition) is 2. The second-order valence-electron chi connectivity index (χ2n) is 9.62. The van der Waals surface area contributed by atoms with Gasteiger partial charge in [-0.1, -0.05) is 52.4 Å². The molecule has 1 saturated heterocycles. The molecule has 38 heavy (non-hydrogen) atoms. The molecule has 8 nitrogen and oxygen atoms in total. The number of hydrogen-bond acceptors (Lipinski definition) is 7. The second kappa shape index (κ2) is 10.7. The van der Waals surface area contributed by atoms with E-state index in [1.807, 2.05) is 36.4 Å². The van der Waals surface area contributed by atoms with E-state index >= 15 is 0 Å². The molecule has 3 aromatic rings. The maximum atomic E-state index is 13.6. The molecule has 1 fully saturated rings. The van der Waals surface area contributed by atoms with Gasteiger partial charge in [-0.25, -0.2) is 4.79 Å². The zero-order valence-electron chi connectivity index (χ0n) is 21.3. The lowest BCUT2D eigenvalue weighted by Crippen LogP contribution is -2.43. The number of fused-ring (bicyclic) bond motifs is 3. The van der Waals surface area contributed by atoms with Crippen LogP contribution in [0.1, 0.15) is 33.7 Å². The van der Waals surface area contributed by atoms with Crippen LogP contribution in [0.15, 0.2) is 54.6 Å². The Morgan fingerprint density at radius 2 is 1.63 bits per heavy atom. The summed E-state index contributed by atoms with van der Waals surface area (Å²) in [5.41, 5.74) is 6.25. The number of nitrogens with one attached hydrogen (secondary N) is 2. The number of carbonyl (C=O) groups excluding carboxylic acids is 1. The van der Waals surface area contributed by atoms with Crippen LogP contribution in [0.2, 0.25) is 0 Å². The molecule has 2 N–H and O–H groups in total. The van der Waals surface area contributed by atoms with E-state index in [0.29, 0.717) is 23.4 Å². The predicted octanol–water partition coefficient (Wildman–Crippen LogP) is 4.66. The first-order valence-corrected chi connectivity index (χ1v) is 13.8. The Morgan fingerprint density at radius 3 is 2.24 bits per heavy atom. The number of piperazine rings is 1. The maximum absolute atomic E-state index is 13.6. The Kier molecular flexibility index (Phi) is 7.38.